The number of piperidine rings is 1. The number of hydrogen-bond donors (Lipinski definition) is 2. The van der Waals surface area contributed by atoms with Gasteiger partial charge in [0.1, 0.15) is 11.5 Å². The average Bonchev–Trinajstić information content (AvgIpc) is 3.32. The van der Waals surface area contributed by atoms with E-state index in [1.54, 1.807) is 11.0 Å². The van der Waals surface area contributed by atoms with E-state index < -0.39 is 0 Å². The van der Waals surface area contributed by atoms with Gasteiger partial charge < -0.3 is 24.9 Å². The van der Waals surface area contributed by atoms with Gasteiger partial charge in [-0.15, -0.1) is 0 Å². The van der Waals surface area contributed by atoms with Crippen molar-refractivity contribution >= 4 is 11.8 Å². The highest BCUT2D eigenvalue weighted by Crippen LogP contribution is 2.34. The lowest BCUT2D eigenvalue weighted by Crippen LogP contribution is -2.50. The zero-order valence-electron chi connectivity index (χ0n) is 22.8. The molecule has 2 N–H and O–H groups in total. The SMILES string of the molecule is CC(C)c1cc(C(=O)N2Cc3ccc(CN4CCC(C(=O)N5CCN(C)CC5)CC4)cc3C2)c(O)cc1O. The van der Waals surface area contributed by atoms with Crippen molar-refractivity contribution in [3.63, 3.8) is 0 Å². The van der Waals surface area contributed by atoms with Crippen LogP contribution in [0.2, 0.25) is 0 Å². The second-order valence-electron chi connectivity index (χ2n) is 11.5. The fourth-order valence-corrected chi connectivity index (χ4v) is 5.97. The first-order valence-electron chi connectivity index (χ1n) is 13.8. The Balaban J connectivity index is 1.17. The molecule has 38 heavy (non-hydrogen) atoms. The van der Waals surface area contributed by atoms with Gasteiger partial charge in [-0.25, -0.2) is 0 Å². The number of likely N-dealkylation sites (N-methyl/N-ethyl adjacent to an activating group) is 1. The van der Waals surface area contributed by atoms with Crippen LogP contribution in [0.5, 0.6) is 11.5 Å². The number of amides is 2. The Morgan fingerprint density at radius 1 is 0.868 bits per heavy atom. The number of phenolic OH excluding ortho intramolecular Hbond substituents is 2. The van der Waals surface area contributed by atoms with E-state index in [1.807, 2.05) is 13.8 Å². The highest BCUT2D eigenvalue weighted by atomic mass is 16.3. The molecule has 0 radical (unpaired) electrons. The molecule has 204 valence electrons. The number of rotatable bonds is 5. The molecule has 2 fully saturated rings. The van der Waals surface area contributed by atoms with Gasteiger partial charge in [0.2, 0.25) is 5.91 Å². The highest BCUT2D eigenvalue weighted by Gasteiger charge is 2.31. The van der Waals surface area contributed by atoms with E-state index in [2.05, 4.69) is 39.9 Å². The Labute approximate surface area is 225 Å². The van der Waals surface area contributed by atoms with Gasteiger partial charge in [-0.05, 0) is 67.2 Å². The van der Waals surface area contributed by atoms with Crippen LogP contribution in [-0.2, 0) is 24.4 Å². The molecule has 8 nitrogen and oxygen atoms in total. The summed E-state index contributed by atoms with van der Waals surface area (Å²) in [4.78, 5) is 34.7. The van der Waals surface area contributed by atoms with Crippen LogP contribution in [0.3, 0.4) is 0 Å². The number of aromatic hydroxyl groups is 2. The van der Waals surface area contributed by atoms with Gasteiger partial charge in [-0.1, -0.05) is 32.0 Å². The van der Waals surface area contributed by atoms with Crippen LogP contribution >= 0.6 is 0 Å². The van der Waals surface area contributed by atoms with Crippen molar-refractivity contribution in [2.45, 2.75) is 52.2 Å². The molecule has 3 aliphatic rings. The van der Waals surface area contributed by atoms with E-state index in [0.717, 1.165) is 69.8 Å². The molecule has 0 bridgehead atoms. The molecule has 0 aromatic heterocycles. The molecule has 5 rings (SSSR count). The van der Waals surface area contributed by atoms with Gasteiger partial charge in [-0.2, -0.15) is 0 Å². The Morgan fingerprint density at radius 3 is 2.24 bits per heavy atom. The first-order valence-corrected chi connectivity index (χ1v) is 13.8. The first kappa shape index (κ1) is 26.5. The third-order valence-corrected chi connectivity index (χ3v) is 8.44. The summed E-state index contributed by atoms with van der Waals surface area (Å²) >= 11 is 0. The van der Waals surface area contributed by atoms with Crippen molar-refractivity contribution in [1.82, 2.24) is 19.6 Å². The molecule has 8 heteroatoms. The largest absolute Gasteiger partial charge is 0.508 e. The van der Waals surface area contributed by atoms with E-state index >= 15 is 0 Å². The van der Waals surface area contributed by atoms with Crippen molar-refractivity contribution in [3.05, 3.63) is 58.1 Å². The second kappa shape index (κ2) is 10.9. The fraction of sp³-hybridized carbons (Fsp3) is 0.533. The molecule has 0 atom stereocenters. The van der Waals surface area contributed by atoms with E-state index in [1.165, 1.54) is 11.6 Å². The molecule has 2 aromatic rings. The van der Waals surface area contributed by atoms with Crippen LogP contribution in [0.4, 0.5) is 0 Å². The molecule has 2 amide bonds. The summed E-state index contributed by atoms with van der Waals surface area (Å²) in [5.41, 5.74) is 4.36. The van der Waals surface area contributed by atoms with E-state index in [4.69, 9.17) is 0 Å². The standard InChI is InChI=1S/C30H40N4O4/c1-20(2)25-15-26(28(36)16-27(25)35)30(38)34-18-23-5-4-21(14-24(23)19-34)17-32-8-6-22(7-9-32)29(37)33-12-10-31(3)11-13-33/h4-5,14-16,20,22,35-36H,6-13,17-19H2,1-3H3. The molecular weight excluding hydrogens is 480 g/mol. The van der Waals surface area contributed by atoms with Gasteiger partial charge >= 0.3 is 0 Å². The summed E-state index contributed by atoms with van der Waals surface area (Å²) in [7, 11) is 2.11. The number of carbonyl (C=O) groups excluding carboxylic acids is 2. The molecular formula is C30H40N4O4. The van der Waals surface area contributed by atoms with Gasteiger partial charge in [0.15, 0.2) is 0 Å². The fourth-order valence-electron chi connectivity index (χ4n) is 5.97. The maximum atomic E-state index is 13.3. The Kier molecular flexibility index (Phi) is 7.63. The first-order chi connectivity index (χ1) is 18.2. The zero-order chi connectivity index (χ0) is 27.0. The molecule has 2 aromatic carbocycles. The number of hydrogen-bond acceptors (Lipinski definition) is 6. The minimum atomic E-state index is -0.228. The minimum Gasteiger partial charge on any atom is -0.508 e. The van der Waals surface area contributed by atoms with E-state index in [9.17, 15) is 19.8 Å². The molecule has 0 aliphatic carbocycles. The number of carbonyl (C=O) groups is 2. The Morgan fingerprint density at radius 2 is 1.55 bits per heavy atom. The number of benzene rings is 2. The van der Waals surface area contributed by atoms with E-state index in [0.29, 0.717) is 24.6 Å². The molecule has 0 spiro atoms. The summed E-state index contributed by atoms with van der Waals surface area (Å²) in [6, 6.07) is 9.33. The zero-order valence-corrected chi connectivity index (χ0v) is 22.8. The highest BCUT2D eigenvalue weighted by molar-refractivity contribution is 5.97. The number of nitrogens with zero attached hydrogens (tertiary/aromatic N) is 4. The van der Waals surface area contributed by atoms with Gasteiger partial charge in [-0.3, -0.25) is 14.5 Å². The van der Waals surface area contributed by atoms with Crippen LogP contribution < -0.4 is 0 Å². The lowest BCUT2D eigenvalue weighted by Gasteiger charge is -2.37. The Hall–Kier alpha value is -3.10. The van der Waals surface area contributed by atoms with Crippen LogP contribution in [0.25, 0.3) is 0 Å². The molecule has 3 heterocycles. The summed E-state index contributed by atoms with van der Waals surface area (Å²) in [6.07, 6.45) is 1.82. The Bertz CT molecular complexity index is 1200. The van der Waals surface area contributed by atoms with Gasteiger partial charge in [0.05, 0.1) is 5.56 Å². The van der Waals surface area contributed by atoms with Crippen LogP contribution in [0.1, 0.15) is 65.2 Å². The van der Waals surface area contributed by atoms with Crippen LogP contribution in [0, 0.1) is 5.92 Å². The van der Waals surface area contributed by atoms with Crippen molar-refractivity contribution in [2.75, 3.05) is 46.3 Å². The van der Waals surface area contributed by atoms with Crippen molar-refractivity contribution in [3.8, 4) is 11.5 Å². The predicted molar refractivity (Wildman–Crippen MR) is 146 cm³/mol. The normalized spacial score (nSPS) is 19.3. The summed E-state index contributed by atoms with van der Waals surface area (Å²) in [6.45, 7) is 11.2. The van der Waals surface area contributed by atoms with Gasteiger partial charge in [0, 0.05) is 57.8 Å². The lowest BCUT2D eigenvalue weighted by molar-refractivity contribution is -0.138. The summed E-state index contributed by atoms with van der Waals surface area (Å²) < 4.78 is 0. The molecule has 3 aliphatic heterocycles. The molecule has 2 saturated heterocycles. The van der Waals surface area contributed by atoms with Crippen molar-refractivity contribution in [2.24, 2.45) is 5.92 Å². The maximum Gasteiger partial charge on any atom is 0.258 e. The number of fused-ring (bicyclic) bond motifs is 1. The number of phenols is 2. The van der Waals surface area contributed by atoms with Crippen LogP contribution in [0.15, 0.2) is 30.3 Å². The number of likely N-dealkylation sites (tertiary alicyclic amines) is 1. The van der Waals surface area contributed by atoms with Crippen LogP contribution in [-0.4, -0.2) is 87.9 Å². The maximum absolute atomic E-state index is 13.3. The predicted octanol–water partition coefficient (Wildman–Crippen LogP) is 3.36. The van der Waals surface area contributed by atoms with E-state index in [-0.39, 0.29) is 34.8 Å². The topological polar surface area (TPSA) is 87.6 Å². The van der Waals surface area contributed by atoms with Gasteiger partial charge in [0.25, 0.3) is 5.91 Å². The smallest absolute Gasteiger partial charge is 0.258 e. The monoisotopic (exact) mass is 520 g/mol. The lowest BCUT2D eigenvalue weighted by atomic mass is 9.94. The van der Waals surface area contributed by atoms with Crippen molar-refractivity contribution in [1.29, 1.82) is 0 Å². The third kappa shape index (κ3) is 5.52. The van der Waals surface area contributed by atoms with Crippen molar-refractivity contribution < 1.29 is 19.8 Å². The quantitative estimate of drug-likeness (QED) is 0.629. The summed E-state index contributed by atoms with van der Waals surface area (Å²) in [5, 5.41) is 20.5. The molecule has 0 unspecified atom stereocenters. The third-order valence-electron chi connectivity index (χ3n) is 8.44. The second-order valence-corrected chi connectivity index (χ2v) is 11.5. The minimum absolute atomic E-state index is 0.0103. The molecule has 0 saturated carbocycles. The summed E-state index contributed by atoms with van der Waals surface area (Å²) in [5.74, 6) is 0.103. The number of piperazine rings is 1. The average molecular weight is 521 g/mol.